The summed E-state index contributed by atoms with van der Waals surface area (Å²) in [7, 11) is 1.62. The number of carbonyl (C=O) groups excluding carboxylic acids is 1. The number of hydrogen-bond donors (Lipinski definition) is 2. The van der Waals surface area contributed by atoms with Crippen LogP contribution in [-0.2, 0) is 0 Å². The third-order valence-electron chi connectivity index (χ3n) is 3.75. The van der Waals surface area contributed by atoms with E-state index in [9.17, 15) is 4.79 Å². The molecular weight excluding hydrogens is 260 g/mol. The molecule has 1 aliphatic rings. The third kappa shape index (κ3) is 3.00. The predicted octanol–water partition coefficient (Wildman–Crippen LogP) is 2.10. The first-order valence-corrected chi connectivity index (χ1v) is 7.66. The number of rotatable bonds is 4. The van der Waals surface area contributed by atoms with Crippen molar-refractivity contribution in [2.75, 3.05) is 30.8 Å². The largest absolute Gasteiger partial charge is 0.382 e. The van der Waals surface area contributed by atoms with Gasteiger partial charge < -0.3 is 16.0 Å². The number of anilines is 2. The molecule has 19 heavy (non-hydrogen) atoms. The topological polar surface area (TPSA) is 71.2 Å². The van der Waals surface area contributed by atoms with E-state index in [1.807, 2.05) is 0 Å². The van der Waals surface area contributed by atoms with Crippen molar-refractivity contribution in [1.29, 1.82) is 0 Å². The first-order chi connectivity index (χ1) is 9.17. The molecule has 0 bridgehead atoms. The zero-order valence-corrected chi connectivity index (χ0v) is 12.4. The summed E-state index contributed by atoms with van der Waals surface area (Å²) in [6.07, 6.45) is 4.94. The fraction of sp³-hybridized carbons (Fsp3) is 0.692. The molecule has 2 heterocycles. The molecule has 0 aliphatic carbocycles. The Morgan fingerprint density at radius 1 is 1.53 bits per heavy atom. The summed E-state index contributed by atoms with van der Waals surface area (Å²) >= 11 is 1.33. The first kappa shape index (κ1) is 14.1. The number of piperidine rings is 1. The molecule has 1 fully saturated rings. The van der Waals surface area contributed by atoms with Gasteiger partial charge in [0.1, 0.15) is 10.6 Å². The fourth-order valence-electron chi connectivity index (χ4n) is 2.68. The summed E-state index contributed by atoms with van der Waals surface area (Å²) in [5.41, 5.74) is 6.35. The number of amides is 1. The Bertz CT molecular complexity index is 438. The van der Waals surface area contributed by atoms with Gasteiger partial charge in [-0.05, 0) is 30.3 Å². The van der Waals surface area contributed by atoms with E-state index >= 15 is 0 Å². The summed E-state index contributed by atoms with van der Waals surface area (Å²) in [6.45, 7) is 4.23. The van der Waals surface area contributed by atoms with E-state index in [-0.39, 0.29) is 5.91 Å². The molecular formula is C13H22N4OS. The van der Waals surface area contributed by atoms with Crippen LogP contribution in [0.15, 0.2) is 0 Å². The van der Waals surface area contributed by atoms with Crippen LogP contribution in [0.25, 0.3) is 0 Å². The number of hydrogen-bond acceptors (Lipinski definition) is 5. The Morgan fingerprint density at radius 3 is 2.79 bits per heavy atom. The van der Waals surface area contributed by atoms with Gasteiger partial charge in [-0.15, -0.1) is 0 Å². The molecule has 0 spiro atoms. The van der Waals surface area contributed by atoms with Crippen LogP contribution in [0, 0.1) is 5.92 Å². The second-order valence-corrected chi connectivity index (χ2v) is 5.80. The number of nitrogens with zero attached hydrogens (tertiary/aromatic N) is 2. The zero-order chi connectivity index (χ0) is 13.8. The van der Waals surface area contributed by atoms with Gasteiger partial charge in [0.15, 0.2) is 5.82 Å². The molecule has 1 aromatic rings. The van der Waals surface area contributed by atoms with Crippen molar-refractivity contribution in [1.82, 2.24) is 9.69 Å². The number of aromatic nitrogens is 1. The van der Waals surface area contributed by atoms with Crippen LogP contribution in [0.3, 0.4) is 0 Å². The van der Waals surface area contributed by atoms with Gasteiger partial charge in [-0.1, -0.05) is 19.8 Å². The summed E-state index contributed by atoms with van der Waals surface area (Å²) in [4.78, 5) is 14.1. The Balaban J connectivity index is 2.09. The van der Waals surface area contributed by atoms with Gasteiger partial charge in [0, 0.05) is 20.1 Å². The lowest BCUT2D eigenvalue weighted by atomic mass is 9.92. The zero-order valence-electron chi connectivity index (χ0n) is 11.6. The molecule has 0 unspecified atom stereocenters. The van der Waals surface area contributed by atoms with Crippen LogP contribution in [0.5, 0.6) is 0 Å². The van der Waals surface area contributed by atoms with Gasteiger partial charge in [-0.2, -0.15) is 4.37 Å². The maximum atomic E-state index is 11.9. The molecule has 1 amide bonds. The molecule has 6 heteroatoms. The Kier molecular flexibility index (Phi) is 4.63. The molecule has 0 atom stereocenters. The Hall–Kier alpha value is -1.30. The highest BCUT2D eigenvalue weighted by Gasteiger charge is 2.26. The molecule has 2 rings (SSSR count). The lowest BCUT2D eigenvalue weighted by Crippen LogP contribution is -2.34. The average molecular weight is 282 g/mol. The second kappa shape index (κ2) is 6.23. The maximum Gasteiger partial charge on any atom is 0.257 e. The van der Waals surface area contributed by atoms with Crippen molar-refractivity contribution in [3.05, 3.63) is 5.56 Å². The Morgan fingerprint density at radius 2 is 2.21 bits per heavy atom. The SMILES string of the molecule is CCCC1CCN(c2snc(N)c2C(=O)NC)CC1. The summed E-state index contributed by atoms with van der Waals surface area (Å²) in [5.74, 6) is 1.03. The molecule has 1 aromatic heterocycles. The predicted molar refractivity (Wildman–Crippen MR) is 79.8 cm³/mol. The standard InChI is InChI=1S/C13H22N4OS/c1-3-4-9-5-7-17(8-6-9)13-10(12(18)15-2)11(14)16-19-13/h9H,3-8H2,1-2H3,(H2,14,16)(H,15,18). The van der Waals surface area contributed by atoms with Crippen molar-refractivity contribution in [2.45, 2.75) is 32.6 Å². The van der Waals surface area contributed by atoms with E-state index < -0.39 is 0 Å². The molecule has 5 nitrogen and oxygen atoms in total. The van der Waals surface area contributed by atoms with E-state index in [0.717, 1.165) is 24.0 Å². The highest BCUT2D eigenvalue weighted by molar-refractivity contribution is 7.11. The van der Waals surface area contributed by atoms with Gasteiger partial charge in [0.25, 0.3) is 5.91 Å². The summed E-state index contributed by atoms with van der Waals surface area (Å²) in [5, 5.41) is 3.56. The fourth-order valence-corrected chi connectivity index (χ4v) is 3.54. The Labute approximate surface area is 118 Å². The van der Waals surface area contributed by atoms with Crippen molar-refractivity contribution < 1.29 is 4.79 Å². The second-order valence-electron chi connectivity index (χ2n) is 5.05. The lowest BCUT2D eigenvalue weighted by molar-refractivity contribution is 0.0964. The van der Waals surface area contributed by atoms with Crippen LogP contribution in [0.1, 0.15) is 43.0 Å². The summed E-state index contributed by atoms with van der Waals surface area (Å²) in [6, 6.07) is 0. The smallest absolute Gasteiger partial charge is 0.257 e. The minimum Gasteiger partial charge on any atom is -0.382 e. The van der Waals surface area contributed by atoms with Gasteiger partial charge in [0.2, 0.25) is 0 Å². The van der Waals surface area contributed by atoms with Crippen molar-refractivity contribution in [3.63, 3.8) is 0 Å². The van der Waals surface area contributed by atoms with Crippen LogP contribution >= 0.6 is 11.5 Å². The van der Waals surface area contributed by atoms with Gasteiger partial charge >= 0.3 is 0 Å². The number of nitrogen functional groups attached to an aromatic ring is 1. The van der Waals surface area contributed by atoms with E-state index in [4.69, 9.17) is 5.73 Å². The molecule has 106 valence electrons. The number of nitrogens with two attached hydrogens (primary N) is 1. The lowest BCUT2D eigenvalue weighted by Gasteiger charge is -2.32. The number of nitrogens with one attached hydrogen (secondary N) is 1. The van der Waals surface area contributed by atoms with E-state index in [0.29, 0.717) is 11.4 Å². The van der Waals surface area contributed by atoms with Crippen molar-refractivity contribution >= 4 is 28.3 Å². The highest BCUT2D eigenvalue weighted by atomic mass is 32.1. The normalized spacial score (nSPS) is 16.6. The van der Waals surface area contributed by atoms with E-state index in [2.05, 4.69) is 21.5 Å². The van der Waals surface area contributed by atoms with E-state index in [1.54, 1.807) is 7.05 Å². The molecule has 1 aliphatic heterocycles. The van der Waals surface area contributed by atoms with Gasteiger partial charge in [-0.3, -0.25) is 4.79 Å². The highest BCUT2D eigenvalue weighted by Crippen LogP contribution is 2.34. The van der Waals surface area contributed by atoms with Crippen LogP contribution < -0.4 is 16.0 Å². The third-order valence-corrected chi connectivity index (χ3v) is 4.68. The van der Waals surface area contributed by atoms with Crippen LogP contribution in [0.2, 0.25) is 0 Å². The van der Waals surface area contributed by atoms with Crippen molar-refractivity contribution in [3.8, 4) is 0 Å². The molecule has 0 aromatic carbocycles. The molecule has 3 N–H and O–H groups in total. The minimum absolute atomic E-state index is 0.142. The van der Waals surface area contributed by atoms with Crippen molar-refractivity contribution in [2.24, 2.45) is 5.92 Å². The number of carbonyl (C=O) groups is 1. The first-order valence-electron chi connectivity index (χ1n) is 6.89. The molecule has 0 radical (unpaired) electrons. The van der Waals surface area contributed by atoms with E-state index in [1.165, 1.54) is 37.2 Å². The van der Waals surface area contributed by atoms with Gasteiger partial charge in [0.05, 0.1) is 0 Å². The monoisotopic (exact) mass is 282 g/mol. The molecule has 0 saturated carbocycles. The van der Waals surface area contributed by atoms with Crippen LogP contribution in [0.4, 0.5) is 10.8 Å². The van der Waals surface area contributed by atoms with Crippen LogP contribution in [-0.4, -0.2) is 30.4 Å². The quantitative estimate of drug-likeness (QED) is 0.887. The minimum atomic E-state index is -0.142. The maximum absolute atomic E-state index is 11.9. The average Bonchev–Trinajstić information content (AvgIpc) is 2.81. The molecule has 1 saturated heterocycles. The van der Waals surface area contributed by atoms with Gasteiger partial charge in [-0.25, -0.2) is 0 Å². The summed E-state index contributed by atoms with van der Waals surface area (Å²) < 4.78 is 4.13.